The van der Waals surface area contributed by atoms with E-state index in [0.717, 1.165) is 5.56 Å². The van der Waals surface area contributed by atoms with Crippen LogP contribution in [0.1, 0.15) is 17.5 Å². The Labute approximate surface area is 135 Å². The molecule has 0 aromatic heterocycles. The molecule has 0 unspecified atom stereocenters. The van der Waals surface area contributed by atoms with Crippen LogP contribution in [0, 0.1) is 18.3 Å². The molecule has 0 radical (unpaired) electrons. The Bertz CT molecular complexity index is 601. The standard InChI is InChI=1S/C17H22N2O4/c1-12-2-4-13(5-3-12)8-18-16(22)19-9-14-6-7-23-11-17(14,10-19)15(20)21/h2-5,14H,6-11H2,1H3,(H,18,22)(H,20,21)/t14-,17+/m0/s1. The van der Waals surface area contributed by atoms with Crippen LogP contribution in [-0.2, 0) is 16.1 Å². The number of ether oxygens (including phenoxy) is 1. The lowest BCUT2D eigenvalue weighted by molar-refractivity contribution is -0.159. The van der Waals surface area contributed by atoms with E-state index in [1.165, 1.54) is 5.56 Å². The minimum Gasteiger partial charge on any atom is -0.481 e. The van der Waals surface area contributed by atoms with Gasteiger partial charge in [-0.1, -0.05) is 29.8 Å². The highest BCUT2D eigenvalue weighted by Crippen LogP contribution is 2.41. The van der Waals surface area contributed by atoms with E-state index in [1.807, 2.05) is 31.2 Å². The number of rotatable bonds is 3. The zero-order valence-electron chi connectivity index (χ0n) is 13.2. The number of benzene rings is 1. The first-order valence-electron chi connectivity index (χ1n) is 7.91. The van der Waals surface area contributed by atoms with Crippen molar-refractivity contribution in [1.82, 2.24) is 10.2 Å². The van der Waals surface area contributed by atoms with Crippen LogP contribution in [0.3, 0.4) is 0 Å². The van der Waals surface area contributed by atoms with Gasteiger partial charge in [-0.2, -0.15) is 0 Å². The van der Waals surface area contributed by atoms with Crippen LogP contribution in [0.4, 0.5) is 4.79 Å². The summed E-state index contributed by atoms with van der Waals surface area (Å²) >= 11 is 0. The van der Waals surface area contributed by atoms with Crippen LogP contribution >= 0.6 is 0 Å². The number of hydrogen-bond donors (Lipinski definition) is 2. The van der Waals surface area contributed by atoms with Crippen molar-refractivity contribution < 1.29 is 19.4 Å². The molecule has 2 N–H and O–H groups in total. The molecule has 3 rings (SSSR count). The van der Waals surface area contributed by atoms with E-state index in [4.69, 9.17) is 4.74 Å². The summed E-state index contributed by atoms with van der Waals surface area (Å²) in [5.41, 5.74) is 1.25. The second kappa shape index (κ2) is 6.20. The molecule has 2 aliphatic heterocycles. The van der Waals surface area contributed by atoms with Gasteiger partial charge in [0, 0.05) is 26.2 Å². The van der Waals surface area contributed by atoms with Crippen molar-refractivity contribution in [1.29, 1.82) is 0 Å². The summed E-state index contributed by atoms with van der Waals surface area (Å²) in [5, 5.41) is 12.5. The van der Waals surface area contributed by atoms with Crippen LogP contribution < -0.4 is 5.32 Å². The lowest BCUT2D eigenvalue weighted by Crippen LogP contribution is -2.47. The summed E-state index contributed by atoms with van der Waals surface area (Å²) in [5.74, 6) is -0.894. The van der Waals surface area contributed by atoms with Gasteiger partial charge >= 0.3 is 12.0 Å². The first-order valence-corrected chi connectivity index (χ1v) is 7.91. The molecular weight excluding hydrogens is 296 g/mol. The normalized spacial score (nSPS) is 26.7. The van der Waals surface area contributed by atoms with Gasteiger partial charge < -0.3 is 20.1 Å². The molecule has 1 aromatic rings. The van der Waals surface area contributed by atoms with Gasteiger partial charge in [-0.25, -0.2) is 4.79 Å². The molecule has 0 aliphatic carbocycles. The molecule has 2 atom stereocenters. The Morgan fingerprint density at radius 1 is 1.39 bits per heavy atom. The van der Waals surface area contributed by atoms with Crippen molar-refractivity contribution in [2.24, 2.45) is 11.3 Å². The molecule has 0 bridgehead atoms. The monoisotopic (exact) mass is 318 g/mol. The summed E-state index contributed by atoms with van der Waals surface area (Å²) in [6.45, 7) is 3.91. The molecule has 2 fully saturated rings. The van der Waals surface area contributed by atoms with Gasteiger partial charge in [0.05, 0.1) is 6.61 Å². The van der Waals surface area contributed by atoms with E-state index in [1.54, 1.807) is 4.90 Å². The summed E-state index contributed by atoms with van der Waals surface area (Å²) in [4.78, 5) is 25.7. The summed E-state index contributed by atoms with van der Waals surface area (Å²) in [6.07, 6.45) is 0.689. The number of aliphatic carboxylic acids is 1. The Kier molecular flexibility index (Phi) is 4.26. The number of aryl methyl sites for hydroxylation is 1. The number of fused-ring (bicyclic) bond motifs is 1. The number of amides is 2. The van der Waals surface area contributed by atoms with Crippen molar-refractivity contribution >= 4 is 12.0 Å². The van der Waals surface area contributed by atoms with Crippen LogP contribution in [0.15, 0.2) is 24.3 Å². The van der Waals surface area contributed by atoms with E-state index in [0.29, 0.717) is 26.1 Å². The van der Waals surface area contributed by atoms with Crippen LogP contribution in [-0.4, -0.2) is 48.3 Å². The first-order chi connectivity index (χ1) is 11.0. The zero-order chi connectivity index (χ0) is 16.4. The largest absolute Gasteiger partial charge is 0.481 e. The topological polar surface area (TPSA) is 78.9 Å². The molecule has 2 heterocycles. The third-order valence-electron chi connectivity index (χ3n) is 4.94. The molecule has 2 amide bonds. The summed E-state index contributed by atoms with van der Waals surface area (Å²) in [6, 6.07) is 7.75. The van der Waals surface area contributed by atoms with Gasteiger partial charge in [0.15, 0.2) is 0 Å². The van der Waals surface area contributed by atoms with Crippen molar-refractivity contribution in [3.8, 4) is 0 Å². The minimum atomic E-state index is -0.945. The van der Waals surface area contributed by atoms with Crippen molar-refractivity contribution in [2.45, 2.75) is 19.9 Å². The Balaban J connectivity index is 1.62. The number of nitrogens with zero attached hydrogens (tertiary/aromatic N) is 1. The van der Waals surface area contributed by atoms with E-state index in [9.17, 15) is 14.7 Å². The molecule has 0 saturated carbocycles. The Morgan fingerprint density at radius 3 is 2.78 bits per heavy atom. The molecule has 124 valence electrons. The molecule has 6 nitrogen and oxygen atoms in total. The maximum absolute atomic E-state index is 12.4. The number of nitrogens with one attached hydrogen (secondary N) is 1. The van der Waals surface area contributed by atoms with Gasteiger partial charge in [0.1, 0.15) is 5.41 Å². The lowest BCUT2D eigenvalue weighted by atomic mass is 9.76. The van der Waals surface area contributed by atoms with E-state index >= 15 is 0 Å². The highest BCUT2D eigenvalue weighted by Gasteiger charge is 2.55. The molecule has 6 heteroatoms. The predicted molar refractivity (Wildman–Crippen MR) is 84.0 cm³/mol. The summed E-state index contributed by atoms with van der Waals surface area (Å²) < 4.78 is 5.38. The molecular formula is C17H22N2O4. The molecule has 2 saturated heterocycles. The third kappa shape index (κ3) is 3.03. The van der Waals surface area contributed by atoms with Crippen LogP contribution in [0.5, 0.6) is 0 Å². The Hall–Kier alpha value is -2.08. The first kappa shape index (κ1) is 15.8. The Morgan fingerprint density at radius 2 is 2.13 bits per heavy atom. The van der Waals surface area contributed by atoms with Gasteiger partial charge in [0.25, 0.3) is 0 Å². The highest BCUT2D eigenvalue weighted by molar-refractivity contribution is 5.80. The van der Waals surface area contributed by atoms with E-state index < -0.39 is 11.4 Å². The zero-order valence-corrected chi connectivity index (χ0v) is 13.2. The fourth-order valence-corrected chi connectivity index (χ4v) is 3.44. The van der Waals surface area contributed by atoms with E-state index in [2.05, 4.69) is 5.32 Å². The van der Waals surface area contributed by atoms with Crippen molar-refractivity contribution in [3.63, 3.8) is 0 Å². The highest BCUT2D eigenvalue weighted by atomic mass is 16.5. The quantitative estimate of drug-likeness (QED) is 0.888. The van der Waals surface area contributed by atoms with Crippen molar-refractivity contribution in [2.75, 3.05) is 26.3 Å². The number of likely N-dealkylation sites (tertiary alicyclic amines) is 1. The average Bonchev–Trinajstić information content (AvgIpc) is 2.95. The number of hydrogen-bond acceptors (Lipinski definition) is 3. The van der Waals surface area contributed by atoms with E-state index in [-0.39, 0.29) is 25.1 Å². The van der Waals surface area contributed by atoms with Gasteiger partial charge in [-0.05, 0) is 24.8 Å². The fourth-order valence-electron chi connectivity index (χ4n) is 3.44. The number of carboxylic acids is 1. The number of carbonyl (C=O) groups excluding carboxylic acids is 1. The smallest absolute Gasteiger partial charge is 0.317 e. The minimum absolute atomic E-state index is 0.0288. The molecule has 23 heavy (non-hydrogen) atoms. The van der Waals surface area contributed by atoms with Gasteiger partial charge in [0.2, 0.25) is 0 Å². The van der Waals surface area contributed by atoms with Crippen LogP contribution in [0.2, 0.25) is 0 Å². The third-order valence-corrected chi connectivity index (χ3v) is 4.94. The van der Waals surface area contributed by atoms with Gasteiger partial charge in [-0.15, -0.1) is 0 Å². The number of carboxylic acid groups (broad SMARTS) is 1. The lowest BCUT2D eigenvalue weighted by Gasteiger charge is -2.33. The molecule has 0 spiro atoms. The number of carbonyl (C=O) groups is 2. The molecule has 2 aliphatic rings. The maximum Gasteiger partial charge on any atom is 0.317 e. The second-order valence-corrected chi connectivity index (χ2v) is 6.52. The maximum atomic E-state index is 12.4. The molecule has 1 aromatic carbocycles. The van der Waals surface area contributed by atoms with Crippen LogP contribution in [0.25, 0.3) is 0 Å². The number of urea groups is 1. The summed E-state index contributed by atoms with van der Waals surface area (Å²) in [7, 11) is 0. The van der Waals surface area contributed by atoms with Crippen molar-refractivity contribution in [3.05, 3.63) is 35.4 Å². The average molecular weight is 318 g/mol. The predicted octanol–water partition coefficient (Wildman–Crippen LogP) is 1.63. The van der Waals surface area contributed by atoms with Gasteiger partial charge in [-0.3, -0.25) is 4.79 Å². The fraction of sp³-hybridized carbons (Fsp3) is 0.529. The SMILES string of the molecule is Cc1ccc(CNC(=O)N2C[C@@H]3CCOC[C@]3(C(=O)O)C2)cc1. The second-order valence-electron chi connectivity index (χ2n) is 6.52.